The summed E-state index contributed by atoms with van der Waals surface area (Å²) < 4.78 is 5.95. The summed E-state index contributed by atoms with van der Waals surface area (Å²) in [6.07, 6.45) is 2.29. The molecule has 2 N–H and O–H groups in total. The smallest absolute Gasteiger partial charge is 0.0705 e. The van der Waals surface area contributed by atoms with Crippen molar-refractivity contribution in [2.24, 2.45) is 17.6 Å². The Morgan fingerprint density at radius 3 is 2.60 bits per heavy atom. The Kier molecular flexibility index (Phi) is 3.48. The number of benzene rings is 1. The lowest BCUT2D eigenvalue weighted by molar-refractivity contribution is 0.0490. The number of aromatic nitrogens is 1. The second-order valence-electron chi connectivity index (χ2n) is 5.93. The molecule has 1 aliphatic rings. The van der Waals surface area contributed by atoms with E-state index in [0.717, 1.165) is 10.9 Å². The Bertz CT molecular complexity index is 607. The monoisotopic (exact) mass is 270 g/mol. The SMILES string of the molecule is CC1OC(C)C(C(N)c2cccc3ncccc23)C1C. The van der Waals surface area contributed by atoms with Gasteiger partial charge in [-0.3, -0.25) is 4.98 Å². The van der Waals surface area contributed by atoms with Crippen LogP contribution in [0.1, 0.15) is 32.4 Å². The van der Waals surface area contributed by atoms with Gasteiger partial charge in [0.25, 0.3) is 0 Å². The molecule has 0 spiro atoms. The Morgan fingerprint density at radius 1 is 1.10 bits per heavy atom. The molecule has 5 unspecified atom stereocenters. The number of hydrogen-bond acceptors (Lipinski definition) is 3. The minimum absolute atomic E-state index is 0.0159. The van der Waals surface area contributed by atoms with E-state index in [9.17, 15) is 0 Å². The number of nitrogens with zero attached hydrogens (tertiary/aromatic N) is 1. The molecule has 0 radical (unpaired) electrons. The molecule has 0 amide bonds. The van der Waals surface area contributed by atoms with Crippen molar-refractivity contribution in [2.45, 2.75) is 39.0 Å². The largest absolute Gasteiger partial charge is 0.375 e. The minimum atomic E-state index is -0.0159. The molecular weight excluding hydrogens is 248 g/mol. The van der Waals surface area contributed by atoms with Gasteiger partial charge in [0.1, 0.15) is 0 Å². The van der Waals surface area contributed by atoms with Crippen LogP contribution in [0, 0.1) is 11.8 Å². The van der Waals surface area contributed by atoms with E-state index in [0.29, 0.717) is 11.8 Å². The fraction of sp³-hybridized carbons (Fsp3) is 0.471. The lowest BCUT2D eigenvalue weighted by atomic mass is 9.80. The fourth-order valence-electron chi connectivity index (χ4n) is 3.54. The maximum Gasteiger partial charge on any atom is 0.0705 e. The second-order valence-corrected chi connectivity index (χ2v) is 5.93. The molecule has 0 bridgehead atoms. The number of pyridine rings is 1. The van der Waals surface area contributed by atoms with E-state index in [-0.39, 0.29) is 18.2 Å². The van der Waals surface area contributed by atoms with Gasteiger partial charge in [-0.2, -0.15) is 0 Å². The summed E-state index contributed by atoms with van der Waals surface area (Å²) >= 11 is 0. The third-order valence-electron chi connectivity index (χ3n) is 4.77. The van der Waals surface area contributed by atoms with E-state index in [4.69, 9.17) is 10.5 Å². The van der Waals surface area contributed by atoms with Crippen LogP contribution in [0.15, 0.2) is 36.5 Å². The molecule has 0 saturated carbocycles. The highest BCUT2D eigenvalue weighted by molar-refractivity contribution is 5.82. The number of fused-ring (bicyclic) bond motifs is 1. The standard InChI is InChI=1S/C17H22N2O/c1-10-11(2)20-12(3)16(10)17(18)14-6-4-8-15-13(14)7-5-9-19-15/h4-12,16-17H,18H2,1-3H3. The highest BCUT2D eigenvalue weighted by Gasteiger charge is 2.41. The van der Waals surface area contributed by atoms with Crippen LogP contribution < -0.4 is 5.73 Å². The molecule has 1 aromatic carbocycles. The first kappa shape index (κ1) is 13.5. The molecule has 20 heavy (non-hydrogen) atoms. The molecule has 1 saturated heterocycles. The van der Waals surface area contributed by atoms with Gasteiger partial charge in [-0.15, -0.1) is 0 Å². The topological polar surface area (TPSA) is 48.1 Å². The van der Waals surface area contributed by atoms with Crippen LogP contribution >= 0.6 is 0 Å². The Labute approximate surface area is 120 Å². The fourth-order valence-corrected chi connectivity index (χ4v) is 3.54. The minimum Gasteiger partial charge on any atom is -0.375 e. The molecule has 1 fully saturated rings. The zero-order valence-corrected chi connectivity index (χ0v) is 12.3. The van der Waals surface area contributed by atoms with Gasteiger partial charge >= 0.3 is 0 Å². The summed E-state index contributed by atoms with van der Waals surface area (Å²) in [5.41, 5.74) is 8.79. The van der Waals surface area contributed by atoms with Crippen molar-refractivity contribution in [3.05, 3.63) is 42.1 Å². The van der Waals surface area contributed by atoms with Crippen LogP contribution in [0.5, 0.6) is 0 Å². The molecule has 2 heterocycles. The highest BCUT2D eigenvalue weighted by atomic mass is 16.5. The lowest BCUT2D eigenvalue weighted by Crippen LogP contribution is -2.30. The van der Waals surface area contributed by atoms with Gasteiger partial charge in [-0.25, -0.2) is 0 Å². The van der Waals surface area contributed by atoms with Gasteiger partial charge in [-0.05, 0) is 37.5 Å². The molecular formula is C17H22N2O. The zero-order chi connectivity index (χ0) is 14.3. The highest BCUT2D eigenvalue weighted by Crippen LogP contribution is 2.40. The molecule has 1 aliphatic heterocycles. The van der Waals surface area contributed by atoms with E-state index in [1.54, 1.807) is 0 Å². The summed E-state index contributed by atoms with van der Waals surface area (Å²) in [4.78, 5) is 4.42. The van der Waals surface area contributed by atoms with Crippen molar-refractivity contribution >= 4 is 10.9 Å². The van der Waals surface area contributed by atoms with Crippen LogP contribution in [0.2, 0.25) is 0 Å². The van der Waals surface area contributed by atoms with Gasteiger partial charge in [0.05, 0.1) is 17.7 Å². The predicted octanol–water partition coefficient (Wildman–Crippen LogP) is 3.29. The van der Waals surface area contributed by atoms with Crippen molar-refractivity contribution in [2.75, 3.05) is 0 Å². The summed E-state index contributed by atoms with van der Waals surface area (Å²) in [6.45, 7) is 6.51. The van der Waals surface area contributed by atoms with Gasteiger partial charge in [-0.1, -0.05) is 25.1 Å². The third kappa shape index (κ3) is 2.11. The van der Waals surface area contributed by atoms with Crippen molar-refractivity contribution in [1.29, 1.82) is 0 Å². The predicted molar refractivity (Wildman–Crippen MR) is 81.3 cm³/mol. The Balaban J connectivity index is 2.03. The molecule has 0 aliphatic carbocycles. The molecule has 3 heteroatoms. The Morgan fingerprint density at radius 2 is 1.90 bits per heavy atom. The van der Waals surface area contributed by atoms with Gasteiger partial charge in [0, 0.05) is 23.5 Å². The molecule has 106 valence electrons. The maximum atomic E-state index is 6.60. The van der Waals surface area contributed by atoms with Gasteiger partial charge in [0.15, 0.2) is 0 Å². The number of rotatable bonds is 2. The first-order chi connectivity index (χ1) is 9.59. The van der Waals surface area contributed by atoms with E-state index in [1.165, 1.54) is 5.56 Å². The van der Waals surface area contributed by atoms with E-state index >= 15 is 0 Å². The lowest BCUT2D eigenvalue weighted by Gasteiger charge is -2.26. The van der Waals surface area contributed by atoms with E-state index in [2.05, 4.69) is 37.9 Å². The maximum absolute atomic E-state index is 6.60. The number of nitrogens with two attached hydrogens (primary N) is 1. The molecule has 3 rings (SSSR count). The Hall–Kier alpha value is -1.45. The first-order valence-corrected chi connectivity index (χ1v) is 7.34. The van der Waals surface area contributed by atoms with Gasteiger partial charge in [0.2, 0.25) is 0 Å². The molecule has 1 aromatic heterocycles. The summed E-state index contributed by atoms with van der Waals surface area (Å²) in [5.74, 6) is 0.808. The quantitative estimate of drug-likeness (QED) is 0.911. The number of ether oxygens (including phenoxy) is 1. The molecule has 2 aromatic rings. The van der Waals surface area contributed by atoms with Crippen molar-refractivity contribution < 1.29 is 4.74 Å². The van der Waals surface area contributed by atoms with Crippen molar-refractivity contribution in [3.63, 3.8) is 0 Å². The average molecular weight is 270 g/mol. The number of hydrogen-bond donors (Lipinski definition) is 1. The van der Waals surface area contributed by atoms with Crippen LogP contribution in [-0.2, 0) is 4.74 Å². The van der Waals surface area contributed by atoms with E-state index in [1.807, 2.05) is 24.4 Å². The van der Waals surface area contributed by atoms with Crippen molar-refractivity contribution in [1.82, 2.24) is 4.98 Å². The summed E-state index contributed by atoms with van der Waals surface area (Å²) in [5, 5.41) is 1.15. The van der Waals surface area contributed by atoms with Crippen LogP contribution in [0.3, 0.4) is 0 Å². The van der Waals surface area contributed by atoms with Crippen LogP contribution in [-0.4, -0.2) is 17.2 Å². The average Bonchev–Trinajstić information content (AvgIpc) is 2.71. The van der Waals surface area contributed by atoms with Gasteiger partial charge < -0.3 is 10.5 Å². The van der Waals surface area contributed by atoms with Crippen LogP contribution in [0.25, 0.3) is 10.9 Å². The molecule has 3 nitrogen and oxygen atoms in total. The van der Waals surface area contributed by atoms with E-state index < -0.39 is 0 Å². The normalized spacial score (nSPS) is 31.6. The van der Waals surface area contributed by atoms with Crippen LogP contribution in [0.4, 0.5) is 0 Å². The zero-order valence-electron chi connectivity index (χ0n) is 12.3. The van der Waals surface area contributed by atoms with Crippen molar-refractivity contribution in [3.8, 4) is 0 Å². The summed E-state index contributed by atoms with van der Waals surface area (Å²) in [6, 6.07) is 10.3. The third-order valence-corrected chi connectivity index (χ3v) is 4.77. The summed E-state index contributed by atoms with van der Waals surface area (Å²) in [7, 11) is 0. The second kappa shape index (κ2) is 5.15. The molecule has 5 atom stereocenters. The first-order valence-electron chi connectivity index (χ1n) is 7.34.